The lowest BCUT2D eigenvalue weighted by molar-refractivity contribution is -0.0556. The van der Waals surface area contributed by atoms with Gasteiger partial charge in [0.15, 0.2) is 0 Å². The van der Waals surface area contributed by atoms with E-state index in [9.17, 15) is 8.78 Å². The van der Waals surface area contributed by atoms with E-state index >= 15 is 0 Å². The molecule has 0 amide bonds. The Bertz CT molecular complexity index is 1010. The van der Waals surface area contributed by atoms with E-state index < -0.39 is 12.5 Å². The van der Waals surface area contributed by atoms with Gasteiger partial charge in [-0.15, -0.1) is 0 Å². The highest BCUT2D eigenvalue weighted by Crippen LogP contribution is 2.32. The minimum atomic E-state index is -3.28. The third kappa shape index (κ3) is 3.89. The number of ether oxygens (including phenoxy) is 1. The lowest BCUT2D eigenvalue weighted by Crippen LogP contribution is -2.19. The Labute approximate surface area is 162 Å². The number of anilines is 1. The quantitative estimate of drug-likeness (QED) is 0.651. The van der Waals surface area contributed by atoms with Gasteiger partial charge in [-0.05, 0) is 44.0 Å². The highest BCUT2D eigenvalue weighted by Gasteiger charge is 2.30. The molecule has 5 nitrogen and oxygen atoms in total. The monoisotopic (exact) mass is 387 g/mol. The van der Waals surface area contributed by atoms with E-state index in [1.54, 1.807) is 26.2 Å². The topological polar surface area (TPSA) is 67.3 Å². The van der Waals surface area contributed by atoms with Crippen molar-refractivity contribution in [3.8, 4) is 5.75 Å². The van der Waals surface area contributed by atoms with Crippen LogP contribution in [0.5, 0.6) is 5.75 Å². The molecular weight excluding hydrogens is 364 g/mol. The van der Waals surface area contributed by atoms with Crippen molar-refractivity contribution < 1.29 is 18.6 Å². The summed E-state index contributed by atoms with van der Waals surface area (Å²) in [6, 6.07) is 9.56. The summed E-state index contributed by atoms with van der Waals surface area (Å²) in [5.74, 6) is -1.32. The number of rotatable bonds is 6. The van der Waals surface area contributed by atoms with Gasteiger partial charge in [0, 0.05) is 23.1 Å². The molecule has 0 fully saturated rings. The molecule has 0 aliphatic rings. The summed E-state index contributed by atoms with van der Waals surface area (Å²) in [4.78, 5) is 8.97. The summed E-state index contributed by atoms with van der Waals surface area (Å²) in [5.41, 5.74) is 2.14. The molecule has 0 radical (unpaired) electrons. The lowest BCUT2D eigenvalue weighted by Gasteiger charge is -2.20. The second-order valence-corrected chi connectivity index (χ2v) is 6.81. The van der Waals surface area contributed by atoms with Crippen LogP contribution in [0.4, 0.5) is 14.6 Å². The minimum Gasteiger partial charge on any atom is -0.496 e. The van der Waals surface area contributed by atoms with Crippen LogP contribution in [0, 0.1) is 13.8 Å². The molecule has 7 heteroatoms. The van der Waals surface area contributed by atoms with Crippen molar-refractivity contribution in [1.29, 1.82) is 0 Å². The van der Waals surface area contributed by atoms with Crippen LogP contribution in [-0.4, -0.2) is 28.8 Å². The molecule has 0 spiro atoms. The Morgan fingerprint density at radius 3 is 2.61 bits per heavy atom. The number of hydrogen-bond donors (Lipinski definition) is 2. The maximum Gasteiger partial charge on any atom is 0.295 e. The van der Waals surface area contributed by atoms with Gasteiger partial charge >= 0.3 is 0 Å². The summed E-state index contributed by atoms with van der Waals surface area (Å²) >= 11 is 0. The van der Waals surface area contributed by atoms with Gasteiger partial charge in [-0.2, -0.15) is 8.78 Å². The van der Waals surface area contributed by atoms with Crippen molar-refractivity contribution in [3.05, 3.63) is 58.9 Å². The van der Waals surface area contributed by atoms with Crippen molar-refractivity contribution in [2.75, 3.05) is 19.0 Å². The molecule has 0 saturated heterocycles. The molecule has 2 aromatic carbocycles. The second kappa shape index (κ2) is 7.67. The fourth-order valence-electron chi connectivity index (χ4n) is 3.13. The number of methoxy groups -OCH3 is 1. The van der Waals surface area contributed by atoms with E-state index in [1.807, 2.05) is 26.0 Å². The fraction of sp³-hybridized carbons (Fsp3) is 0.333. The minimum absolute atomic E-state index is 0.217. The number of benzene rings is 2. The average molecular weight is 387 g/mol. The van der Waals surface area contributed by atoms with Crippen LogP contribution >= 0.6 is 0 Å². The van der Waals surface area contributed by atoms with Crippen molar-refractivity contribution >= 4 is 16.7 Å². The Balaban J connectivity index is 1.99. The molecule has 0 aliphatic heterocycles. The Morgan fingerprint density at radius 1 is 1.18 bits per heavy atom. The summed E-state index contributed by atoms with van der Waals surface area (Å²) < 4.78 is 33.0. The maximum absolute atomic E-state index is 13.8. The predicted octanol–water partition coefficient (Wildman–Crippen LogP) is 4.51. The smallest absolute Gasteiger partial charge is 0.295 e. The van der Waals surface area contributed by atoms with Crippen LogP contribution in [0.3, 0.4) is 0 Å². The van der Waals surface area contributed by atoms with Crippen molar-refractivity contribution in [2.24, 2.45) is 0 Å². The average Bonchev–Trinajstić information content (AvgIpc) is 2.68. The van der Waals surface area contributed by atoms with Crippen LogP contribution < -0.4 is 10.1 Å². The highest BCUT2D eigenvalue weighted by molar-refractivity contribution is 5.91. The highest BCUT2D eigenvalue weighted by atomic mass is 19.3. The number of halogens is 2. The Kier molecular flexibility index (Phi) is 5.47. The SMILES string of the molecule is COc1cc2nc(C)nc(N[C@H](C)c3cccc(C(F)(F)CO)c3)c2cc1C. The largest absolute Gasteiger partial charge is 0.496 e. The second-order valence-electron chi connectivity index (χ2n) is 6.81. The first-order valence-electron chi connectivity index (χ1n) is 8.94. The number of alkyl halides is 2. The molecule has 0 saturated carbocycles. The van der Waals surface area contributed by atoms with Crippen LogP contribution in [-0.2, 0) is 5.92 Å². The molecule has 1 heterocycles. The van der Waals surface area contributed by atoms with Gasteiger partial charge in [-0.25, -0.2) is 9.97 Å². The summed E-state index contributed by atoms with van der Waals surface area (Å²) in [6.07, 6.45) is 0. The Hall–Kier alpha value is -2.80. The van der Waals surface area contributed by atoms with Crippen LogP contribution in [0.2, 0.25) is 0 Å². The first-order valence-corrected chi connectivity index (χ1v) is 8.94. The van der Waals surface area contributed by atoms with E-state index in [-0.39, 0.29) is 11.6 Å². The number of aliphatic hydroxyl groups excluding tert-OH is 1. The summed E-state index contributed by atoms with van der Waals surface area (Å²) in [5, 5.41) is 13.1. The van der Waals surface area contributed by atoms with Gasteiger partial charge < -0.3 is 15.2 Å². The molecule has 3 rings (SSSR count). The number of nitrogens with one attached hydrogen (secondary N) is 1. The molecule has 0 unspecified atom stereocenters. The molecule has 148 valence electrons. The first-order chi connectivity index (χ1) is 13.2. The van der Waals surface area contributed by atoms with E-state index in [1.165, 1.54) is 12.1 Å². The third-order valence-corrected chi connectivity index (χ3v) is 4.68. The third-order valence-electron chi connectivity index (χ3n) is 4.68. The van der Waals surface area contributed by atoms with Gasteiger partial charge in [0.25, 0.3) is 5.92 Å². The van der Waals surface area contributed by atoms with Gasteiger partial charge in [0.05, 0.1) is 12.6 Å². The van der Waals surface area contributed by atoms with E-state index in [0.717, 1.165) is 22.2 Å². The predicted molar refractivity (Wildman–Crippen MR) is 105 cm³/mol. The van der Waals surface area contributed by atoms with Crippen molar-refractivity contribution in [2.45, 2.75) is 32.7 Å². The number of aryl methyl sites for hydroxylation is 2. The lowest BCUT2D eigenvalue weighted by atomic mass is 10.0. The van der Waals surface area contributed by atoms with E-state index in [2.05, 4.69) is 15.3 Å². The van der Waals surface area contributed by atoms with Gasteiger partial charge in [-0.1, -0.05) is 18.2 Å². The van der Waals surface area contributed by atoms with Crippen LogP contribution in [0.25, 0.3) is 10.9 Å². The summed E-state index contributed by atoms with van der Waals surface area (Å²) in [6.45, 7) is 4.38. The van der Waals surface area contributed by atoms with Crippen LogP contribution in [0.15, 0.2) is 36.4 Å². The zero-order valence-corrected chi connectivity index (χ0v) is 16.3. The molecular formula is C21H23F2N3O2. The number of hydrogen-bond acceptors (Lipinski definition) is 5. The Morgan fingerprint density at radius 2 is 1.93 bits per heavy atom. The standard InChI is InChI=1S/C21H23F2N3O2/c1-12-8-17-18(10-19(12)28-4)25-14(3)26-20(17)24-13(2)15-6-5-7-16(9-15)21(22,23)11-27/h5-10,13,27H,11H2,1-4H3,(H,24,25,26)/t13-/m1/s1. The van der Waals surface area contributed by atoms with Gasteiger partial charge in [0.1, 0.15) is 24.0 Å². The van der Waals surface area contributed by atoms with Gasteiger partial charge in [0.2, 0.25) is 0 Å². The molecule has 1 aromatic heterocycles. The number of fused-ring (bicyclic) bond motifs is 1. The molecule has 0 aliphatic carbocycles. The molecule has 2 N–H and O–H groups in total. The van der Waals surface area contributed by atoms with Crippen molar-refractivity contribution in [3.63, 3.8) is 0 Å². The van der Waals surface area contributed by atoms with Crippen molar-refractivity contribution in [1.82, 2.24) is 9.97 Å². The molecule has 3 aromatic rings. The normalized spacial score (nSPS) is 12.8. The van der Waals surface area contributed by atoms with Crippen LogP contribution in [0.1, 0.15) is 35.5 Å². The zero-order chi connectivity index (χ0) is 20.5. The molecule has 28 heavy (non-hydrogen) atoms. The fourth-order valence-corrected chi connectivity index (χ4v) is 3.13. The van der Waals surface area contributed by atoms with Gasteiger partial charge in [-0.3, -0.25) is 0 Å². The number of nitrogens with zero attached hydrogens (tertiary/aromatic N) is 2. The van der Waals surface area contributed by atoms with E-state index in [4.69, 9.17) is 9.84 Å². The van der Waals surface area contributed by atoms with E-state index in [0.29, 0.717) is 17.2 Å². The molecule has 0 bridgehead atoms. The number of aliphatic hydroxyl groups is 1. The first kappa shape index (κ1) is 19.9. The maximum atomic E-state index is 13.8. The zero-order valence-electron chi connectivity index (χ0n) is 16.3. The number of aromatic nitrogens is 2. The summed E-state index contributed by atoms with van der Waals surface area (Å²) in [7, 11) is 1.61. The molecule has 1 atom stereocenters.